The highest BCUT2D eigenvalue weighted by Gasteiger charge is 2.22. The van der Waals surface area contributed by atoms with Gasteiger partial charge < -0.3 is 5.73 Å². The summed E-state index contributed by atoms with van der Waals surface area (Å²) >= 11 is 0. The molecule has 0 saturated carbocycles. The van der Waals surface area contributed by atoms with Crippen molar-refractivity contribution < 1.29 is 0 Å². The molecule has 0 radical (unpaired) electrons. The minimum absolute atomic E-state index is 0.0321. The lowest BCUT2D eigenvalue weighted by Crippen LogP contribution is -2.13. The van der Waals surface area contributed by atoms with E-state index in [4.69, 9.17) is 5.73 Å². The molecule has 0 aliphatic heterocycles. The van der Waals surface area contributed by atoms with Gasteiger partial charge in [0, 0.05) is 29.9 Å². The van der Waals surface area contributed by atoms with E-state index in [2.05, 4.69) is 51.1 Å². The van der Waals surface area contributed by atoms with Gasteiger partial charge in [0.1, 0.15) is 0 Å². The van der Waals surface area contributed by atoms with E-state index in [0.717, 1.165) is 17.8 Å². The Morgan fingerprint density at radius 1 is 1.26 bits per heavy atom. The van der Waals surface area contributed by atoms with Gasteiger partial charge in [0.15, 0.2) is 0 Å². The zero-order valence-corrected chi connectivity index (χ0v) is 12.5. The molecule has 0 saturated heterocycles. The Labute approximate surface area is 115 Å². The molecular weight excluding hydrogens is 234 g/mol. The lowest BCUT2D eigenvalue weighted by Gasteiger charge is -2.18. The number of benzene rings is 1. The van der Waals surface area contributed by atoms with Crippen LogP contribution in [0.25, 0.3) is 11.1 Å². The zero-order chi connectivity index (χ0) is 14.2. The number of aryl methyl sites for hydroxylation is 2. The molecule has 3 nitrogen and oxygen atoms in total. The molecule has 1 heterocycles. The van der Waals surface area contributed by atoms with Gasteiger partial charge in [0.2, 0.25) is 0 Å². The summed E-state index contributed by atoms with van der Waals surface area (Å²) in [4.78, 5) is 0. The van der Waals surface area contributed by atoms with E-state index in [9.17, 15) is 0 Å². The highest BCUT2D eigenvalue weighted by molar-refractivity contribution is 5.70. The van der Waals surface area contributed by atoms with Crippen LogP contribution in [0.4, 0.5) is 5.69 Å². The molecule has 0 amide bonds. The maximum atomic E-state index is 5.99. The Bertz CT molecular complexity index is 589. The van der Waals surface area contributed by atoms with Crippen LogP contribution < -0.4 is 5.73 Å². The fourth-order valence-corrected chi connectivity index (χ4v) is 2.33. The van der Waals surface area contributed by atoms with E-state index < -0.39 is 0 Å². The van der Waals surface area contributed by atoms with Crippen molar-refractivity contribution in [3.8, 4) is 11.1 Å². The lowest BCUT2D eigenvalue weighted by atomic mass is 9.87. The van der Waals surface area contributed by atoms with E-state index in [0.29, 0.717) is 0 Å². The summed E-state index contributed by atoms with van der Waals surface area (Å²) < 4.78 is 1.89. The van der Waals surface area contributed by atoms with E-state index in [1.807, 2.05) is 17.8 Å². The Hall–Kier alpha value is -1.77. The zero-order valence-electron chi connectivity index (χ0n) is 12.5. The second-order valence-electron chi connectivity index (χ2n) is 6.08. The molecule has 1 aromatic heterocycles. The molecule has 19 heavy (non-hydrogen) atoms. The van der Waals surface area contributed by atoms with Gasteiger partial charge in [0.25, 0.3) is 0 Å². The summed E-state index contributed by atoms with van der Waals surface area (Å²) in [6, 6.07) is 6.26. The van der Waals surface area contributed by atoms with Gasteiger partial charge in [-0.1, -0.05) is 33.8 Å². The first-order valence-electron chi connectivity index (χ1n) is 6.76. The van der Waals surface area contributed by atoms with Gasteiger partial charge >= 0.3 is 0 Å². The van der Waals surface area contributed by atoms with E-state index in [-0.39, 0.29) is 5.41 Å². The molecule has 2 aromatic rings. The van der Waals surface area contributed by atoms with Gasteiger partial charge in [-0.25, -0.2) is 0 Å². The second-order valence-corrected chi connectivity index (χ2v) is 6.08. The van der Waals surface area contributed by atoms with Crippen LogP contribution in [-0.4, -0.2) is 9.78 Å². The topological polar surface area (TPSA) is 43.8 Å². The van der Waals surface area contributed by atoms with Crippen molar-refractivity contribution in [3.63, 3.8) is 0 Å². The average molecular weight is 257 g/mol. The van der Waals surface area contributed by atoms with Gasteiger partial charge in [-0.2, -0.15) is 5.10 Å². The molecule has 0 atom stereocenters. The first-order chi connectivity index (χ1) is 8.82. The van der Waals surface area contributed by atoms with Crippen LogP contribution in [0.2, 0.25) is 0 Å². The minimum Gasteiger partial charge on any atom is -0.399 e. The van der Waals surface area contributed by atoms with Crippen molar-refractivity contribution in [3.05, 3.63) is 35.7 Å². The van der Waals surface area contributed by atoms with Crippen molar-refractivity contribution in [2.24, 2.45) is 7.05 Å². The molecule has 0 bridgehead atoms. The number of rotatable bonds is 2. The van der Waals surface area contributed by atoms with Crippen LogP contribution in [0, 0.1) is 0 Å². The fraction of sp³-hybridized carbons (Fsp3) is 0.438. The van der Waals surface area contributed by atoms with Gasteiger partial charge in [-0.15, -0.1) is 0 Å². The van der Waals surface area contributed by atoms with Crippen molar-refractivity contribution in [2.75, 3.05) is 5.73 Å². The Morgan fingerprint density at radius 3 is 2.53 bits per heavy atom. The van der Waals surface area contributed by atoms with Crippen molar-refractivity contribution in [1.29, 1.82) is 0 Å². The fourth-order valence-electron chi connectivity index (χ4n) is 2.33. The van der Waals surface area contributed by atoms with Crippen LogP contribution in [0.1, 0.15) is 39.0 Å². The first kappa shape index (κ1) is 13.7. The third-order valence-electron chi connectivity index (χ3n) is 3.37. The molecule has 0 spiro atoms. The SMILES string of the molecule is CCc1cc(-c2cn(C)nc2C(C)(C)C)ccc1N. The summed E-state index contributed by atoms with van der Waals surface area (Å²) in [5, 5.41) is 4.62. The molecular formula is C16H23N3. The Kier molecular flexibility index (Phi) is 3.40. The molecule has 3 heteroatoms. The van der Waals surface area contributed by atoms with E-state index >= 15 is 0 Å². The summed E-state index contributed by atoms with van der Waals surface area (Å²) in [5.74, 6) is 0. The smallest absolute Gasteiger partial charge is 0.0756 e. The maximum absolute atomic E-state index is 5.99. The van der Waals surface area contributed by atoms with Crippen molar-refractivity contribution in [1.82, 2.24) is 9.78 Å². The van der Waals surface area contributed by atoms with Crippen LogP contribution in [-0.2, 0) is 18.9 Å². The highest BCUT2D eigenvalue weighted by atomic mass is 15.3. The normalized spacial score (nSPS) is 11.8. The number of hydrogen-bond acceptors (Lipinski definition) is 2. The molecule has 102 valence electrons. The van der Waals surface area contributed by atoms with Crippen LogP contribution in [0.15, 0.2) is 24.4 Å². The quantitative estimate of drug-likeness (QED) is 0.836. The van der Waals surface area contributed by atoms with Crippen molar-refractivity contribution in [2.45, 2.75) is 39.5 Å². The standard InChI is InChI=1S/C16H23N3/c1-6-11-9-12(7-8-14(11)17)13-10-19(5)18-15(13)16(2,3)4/h7-10H,6,17H2,1-5H3. The molecule has 0 fully saturated rings. The largest absolute Gasteiger partial charge is 0.399 e. The third kappa shape index (κ3) is 2.65. The summed E-state index contributed by atoms with van der Waals surface area (Å²) in [6.07, 6.45) is 3.04. The number of nitrogen functional groups attached to an aromatic ring is 1. The molecule has 0 unspecified atom stereocenters. The third-order valence-corrected chi connectivity index (χ3v) is 3.37. The molecule has 1 aromatic carbocycles. The second kappa shape index (κ2) is 4.72. The van der Waals surface area contributed by atoms with Crippen molar-refractivity contribution >= 4 is 5.69 Å². The maximum Gasteiger partial charge on any atom is 0.0756 e. The van der Waals surface area contributed by atoms with E-state index in [1.54, 1.807) is 0 Å². The predicted molar refractivity (Wildman–Crippen MR) is 81.1 cm³/mol. The summed E-state index contributed by atoms with van der Waals surface area (Å²) in [5.41, 5.74) is 11.6. The molecule has 0 aliphatic rings. The lowest BCUT2D eigenvalue weighted by molar-refractivity contribution is 0.554. The van der Waals surface area contributed by atoms with Crippen LogP contribution in [0.3, 0.4) is 0 Å². The molecule has 2 rings (SSSR count). The van der Waals surface area contributed by atoms with Crippen LogP contribution in [0.5, 0.6) is 0 Å². The average Bonchev–Trinajstić information content (AvgIpc) is 2.72. The summed E-state index contributed by atoms with van der Waals surface area (Å²) in [7, 11) is 1.97. The minimum atomic E-state index is 0.0321. The first-order valence-corrected chi connectivity index (χ1v) is 6.76. The van der Waals surface area contributed by atoms with E-state index in [1.165, 1.54) is 16.7 Å². The molecule has 0 aliphatic carbocycles. The monoisotopic (exact) mass is 257 g/mol. The van der Waals surface area contributed by atoms with Gasteiger partial charge in [-0.3, -0.25) is 4.68 Å². The Morgan fingerprint density at radius 2 is 1.95 bits per heavy atom. The Balaban J connectivity index is 2.59. The number of anilines is 1. The van der Waals surface area contributed by atoms with Crippen LogP contribution >= 0.6 is 0 Å². The summed E-state index contributed by atoms with van der Waals surface area (Å²) in [6.45, 7) is 8.70. The predicted octanol–water partition coefficient (Wildman–Crippen LogP) is 3.53. The number of hydrogen-bond donors (Lipinski definition) is 1. The van der Waals surface area contributed by atoms with Gasteiger partial charge in [0.05, 0.1) is 5.69 Å². The number of nitrogens with two attached hydrogens (primary N) is 1. The van der Waals surface area contributed by atoms with Gasteiger partial charge in [-0.05, 0) is 29.7 Å². The number of nitrogens with zero attached hydrogens (tertiary/aromatic N) is 2. The molecule has 2 N–H and O–H groups in total. The number of aromatic nitrogens is 2. The highest BCUT2D eigenvalue weighted by Crippen LogP contribution is 2.33.